The van der Waals surface area contributed by atoms with Gasteiger partial charge in [-0.05, 0) is 17.4 Å². The van der Waals surface area contributed by atoms with Crippen LogP contribution in [0, 0.1) is 5.92 Å². The minimum Gasteiger partial charge on any atom is -0.476 e. The summed E-state index contributed by atoms with van der Waals surface area (Å²) in [5.41, 5.74) is -0.00801. The van der Waals surface area contributed by atoms with Crippen LogP contribution in [0.4, 0.5) is 0 Å². The molecule has 0 aliphatic heterocycles. The van der Waals surface area contributed by atoms with E-state index in [-0.39, 0.29) is 11.6 Å². The highest BCUT2D eigenvalue weighted by molar-refractivity contribution is 7.13. The molecule has 2 rings (SSSR count). The third-order valence-electron chi connectivity index (χ3n) is 2.62. The lowest BCUT2D eigenvalue weighted by atomic mass is 10.1. The topological polar surface area (TPSA) is 72.6 Å². The summed E-state index contributed by atoms with van der Waals surface area (Å²) in [5.74, 6) is -0.120. The summed E-state index contributed by atoms with van der Waals surface area (Å²) in [6, 6.07) is 3.72. The molecule has 0 saturated carbocycles. The van der Waals surface area contributed by atoms with Crippen molar-refractivity contribution in [2.24, 2.45) is 5.92 Å². The Kier molecular flexibility index (Phi) is 4.34. The zero-order valence-electron chi connectivity index (χ0n) is 10.8. The number of carbonyl (C=O) groups is 1. The molecule has 0 bridgehead atoms. The number of aromatic nitrogens is 1. The second kappa shape index (κ2) is 5.99. The van der Waals surface area contributed by atoms with Gasteiger partial charge in [0, 0.05) is 20.1 Å². The lowest BCUT2D eigenvalue weighted by Crippen LogP contribution is -2.09. The largest absolute Gasteiger partial charge is 0.476 e. The van der Waals surface area contributed by atoms with Gasteiger partial charge in [0.05, 0.1) is 4.88 Å². The molecule has 2 heterocycles. The first-order valence-corrected chi connectivity index (χ1v) is 6.75. The molecule has 0 amide bonds. The van der Waals surface area contributed by atoms with E-state index < -0.39 is 5.97 Å². The van der Waals surface area contributed by atoms with Gasteiger partial charge in [0.25, 0.3) is 0 Å². The smallest absolute Gasteiger partial charge is 0.358 e. The van der Waals surface area contributed by atoms with Crippen LogP contribution in [0.1, 0.15) is 23.2 Å². The first kappa shape index (κ1) is 13.8. The molecular formula is C13H15NO4S. The molecule has 0 aliphatic carbocycles. The number of hydrogen-bond donors (Lipinski definition) is 1. The van der Waals surface area contributed by atoms with Crippen LogP contribution in [0.25, 0.3) is 10.8 Å². The fourth-order valence-corrected chi connectivity index (χ4v) is 2.47. The lowest BCUT2D eigenvalue weighted by Gasteiger charge is -2.07. The Bertz CT molecular complexity index is 547. The Labute approximate surface area is 114 Å². The molecular weight excluding hydrogens is 266 g/mol. The SMILES string of the molecule is COCC(C)Cc1oc(-c2cccs2)nc1C(=O)O. The predicted octanol–water partition coefficient (Wildman–Crippen LogP) is 2.93. The quantitative estimate of drug-likeness (QED) is 0.881. The van der Waals surface area contributed by atoms with Crippen LogP contribution in [-0.2, 0) is 11.2 Å². The van der Waals surface area contributed by atoms with E-state index in [1.54, 1.807) is 7.11 Å². The summed E-state index contributed by atoms with van der Waals surface area (Å²) in [6.45, 7) is 2.52. The third kappa shape index (κ3) is 3.21. The van der Waals surface area contributed by atoms with Crippen LogP contribution in [0.15, 0.2) is 21.9 Å². The average Bonchev–Trinajstić information content (AvgIpc) is 2.96. The van der Waals surface area contributed by atoms with Gasteiger partial charge in [0.15, 0.2) is 5.69 Å². The first-order valence-electron chi connectivity index (χ1n) is 5.87. The Morgan fingerprint density at radius 1 is 1.63 bits per heavy atom. The van der Waals surface area contributed by atoms with Gasteiger partial charge >= 0.3 is 5.97 Å². The molecule has 0 fully saturated rings. The summed E-state index contributed by atoms with van der Waals surface area (Å²) in [7, 11) is 1.62. The normalized spacial score (nSPS) is 12.5. The maximum atomic E-state index is 11.2. The van der Waals surface area contributed by atoms with Crippen LogP contribution in [0.3, 0.4) is 0 Å². The van der Waals surface area contributed by atoms with E-state index >= 15 is 0 Å². The van der Waals surface area contributed by atoms with E-state index in [1.807, 2.05) is 24.4 Å². The molecule has 6 heteroatoms. The molecule has 1 unspecified atom stereocenters. The van der Waals surface area contributed by atoms with Gasteiger partial charge < -0.3 is 14.3 Å². The van der Waals surface area contributed by atoms with E-state index in [1.165, 1.54) is 11.3 Å². The first-order chi connectivity index (χ1) is 9.11. The van der Waals surface area contributed by atoms with Crippen molar-refractivity contribution in [1.82, 2.24) is 4.98 Å². The Morgan fingerprint density at radius 2 is 2.42 bits per heavy atom. The molecule has 1 N–H and O–H groups in total. The highest BCUT2D eigenvalue weighted by atomic mass is 32.1. The second-order valence-electron chi connectivity index (χ2n) is 4.34. The van der Waals surface area contributed by atoms with Gasteiger partial charge in [-0.3, -0.25) is 0 Å². The van der Waals surface area contributed by atoms with Gasteiger partial charge in [-0.2, -0.15) is 0 Å². The van der Waals surface area contributed by atoms with Crippen molar-refractivity contribution in [3.63, 3.8) is 0 Å². The Hall–Kier alpha value is -1.66. The highest BCUT2D eigenvalue weighted by Gasteiger charge is 2.22. The van der Waals surface area contributed by atoms with Crippen LogP contribution < -0.4 is 0 Å². The number of hydrogen-bond acceptors (Lipinski definition) is 5. The van der Waals surface area contributed by atoms with Gasteiger partial charge in [0.1, 0.15) is 5.76 Å². The molecule has 102 valence electrons. The lowest BCUT2D eigenvalue weighted by molar-refractivity contribution is 0.0687. The fourth-order valence-electron chi connectivity index (χ4n) is 1.82. The van der Waals surface area contributed by atoms with Crippen molar-refractivity contribution in [3.05, 3.63) is 29.0 Å². The number of thiophene rings is 1. The Morgan fingerprint density at radius 3 is 3.00 bits per heavy atom. The second-order valence-corrected chi connectivity index (χ2v) is 5.29. The Balaban J connectivity index is 2.28. The zero-order valence-corrected chi connectivity index (χ0v) is 11.6. The molecule has 2 aromatic rings. The van der Waals surface area contributed by atoms with E-state index in [9.17, 15) is 4.79 Å². The summed E-state index contributed by atoms with van der Waals surface area (Å²) in [5, 5.41) is 11.1. The van der Waals surface area contributed by atoms with Crippen molar-refractivity contribution >= 4 is 17.3 Å². The van der Waals surface area contributed by atoms with Gasteiger partial charge in [0.2, 0.25) is 5.89 Å². The molecule has 0 aliphatic rings. The molecule has 0 spiro atoms. The van der Waals surface area contributed by atoms with Crippen molar-refractivity contribution in [2.75, 3.05) is 13.7 Å². The monoisotopic (exact) mass is 281 g/mol. The minimum atomic E-state index is -1.06. The van der Waals surface area contributed by atoms with E-state index in [2.05, 4.69) is 4.98 Å². The van der Waals surface area contributed by atoms with E-state index in [4.69, 9.17) is 14.3 Å². The maximum absolute atomic E-state index is 11.2. The zero-order chi connectivity index (χ0) is 13.8. The minimum absolute atomic E-state index is 0.00801. The highest BCUT2D eigenvalue weighted by Crippen LogP contribution is 2.27. The van der Waals surface area contributed by atoms with Gasteiger partial charge in [-0.1, -0.05) is 13.0 Å². The number of rotatable bonds is 6. The summed E-state index contributed by atoms with van der Waals surface area (Å²) in [4.78, 5) is 16.1. The van der Waals surface area contributed by atoms with Crippen LogP contribution >= 0.6 is 11.3 Å². The van der Waals surface area contributed by atoms with Crippen molar-refractivity contribution < 1.29 is 19.1 Å². The average molecular weight is 281 g/mol. The number of carboxylic acids is 1. The molecule has 19 heavy (non-hydrogen) atoms. The predicted molar refractivity (Wildman–Crippen MR) is 71.5 cm³/mol. The van der Waals surface area contributed by atoms with Crippen LogP contribution in [0.2, 0.25) is 0 Å². The van der Waals surface area contributed by atoms with E-state index in [0.717, 1.165) is 4.88 Å². The molecule has 5 nitrogen and oxygen atoms in total. The maximum Gasteiger partial charge on any atom is 0.358 e. The third-order valence-corrected chi connectivity index (χ3v) is 3.47. The summed E-state index contributed by atoms with van der Waals surface area (Å²) in [6.07, 6.45) is 0.494. The number of carboxylic acid groups (broad SMARTS) is 1. The molecule has 2 aromatic heterocycles. The van der Waals surface area contributed by atoms with Crippen molar-refractivity contribution in [1.29, 1.82) is 0 Å². The van der Waals surface area contributed by atoms with Crippen LogP contribution in [0.5, 0.6) is 0 Å². The molecule has 0 aromatic carbocycles. The van der Waals surface area contributed by atoms with Gasteiger partial charge in [-0.15, -0.1) is 11.3 Å². The number of aromatic carboxylic acids is 1. The number of nitrogens with zero attached hydrogens (tertiary/aromatic N) is 1. The van der Waals surface area contributed by atoms with Gasteiger partial charge in [-0.25, -0.2) is 9.78 Å². The molecule has 0 saturated heterocycles. The van der Waals surface area contributed by atoms with Crippen molar-refractivity contribution in [2.45, 2.75) is 13.3 Å². The molecule has 1 atom stereocenters. The standard InChI is InChI=1S/C13H15NO4S/c1-8(7-17-2)6-9-11(13(15)16)14-12(18-9)10-4-3-5-19-10/h3-5,8H,6-7H2,1-2H3,(H,15,16). The summed E-state index contributed by atoms with van der Waals surface area (Å²) >= 11 is 1.47. The fraction of sp³-hybridized carbons (Fsp3) is 0.385. The summed E-state index contributed by atoms with van der Waals surface area (Å²) < 4.78 is 10.6. The number of methoxy groups -OCH3 is 1. The van der Waals surface area contributed by atoms with E-state index in [0.29, 0.717) is 24.7 Å². The van der Waals surface area contributed by atoms with Crippen LogP contribution in [-0.4, -0.2) is 29.8 Å². The van der Waals surface area contributed by atoms with Crippen molar-refractivity contribution in [3.8, 4) is 10.8 Å². The number of ether oxygens (including phenoxy) is 1. The number of oxazole rings is 1. The molecule has 0 radical (unpaired) electrons.